The minimum absolute atomic E-state index is 0. The molecule has 6 aromatic rings. The zero-order chi connectivity index (χ0) is 52.5. The number of hydrogen-bond donors (Lipinski definition) is 1. The molecule has 0 aliphatic carbocycles. The maximum atomic E-state index is 13.0. The van der Waals surface area contributed by atoms with Gasteiger partial charge in [-0.1, -0.05) is 70.8 Å². The van der Waals surface area contributed by atoms with Gasteiger partial charge in [-0.15, -0.1) is 12.4 Å². The first kappa shape index (κ1) is 58.1. The van der Waals surface area contributed by atoms with Gasteiger partial charge in [0.1, 0.15) is 22.7 Å². The van der Waals surface area contributed by atoms with Gasteiger partial charge in [0.05, 0.1) is 44.0 Å². The number of nitrogens with zero attached hydrogens (tertiary/aromatic N) is 7. The van der Waals surface area contributed by atoms with Crippen molar-refractivity contribution in [2.45, 2.75) is 101 Å². The number of benzene rings is 4. The number of aromatic nitrogens is 6. The van der Waals surface area contributed by atoms with E-state index >= 15 is 0 Å². The lowest BCUT2D eigenvalue weighted by Gasteiger charge is -2.28. The molecule has 0 saturated heterocycles. The average Bonchev–Trinajstić information content (AvgIpc) is 3.29. The number of anilines is 1. The maximum Gasteiger partial charge on any atom is 0.420 e. The average molecular weight is 1050 g/mol. The zero-order valence-corrected chi connectivity index (χ0v) is 45.7. The second-order valence-electron chi connectivity index (χ2n) is 20.8. The Bertz CT molecular complexity index is 2760. The fourth-order valence-electron chi connectivity index (χ4n) is 5.97. The molecule has 2 N–H and O–H groups in total. The second-order valence-corrected chi connectivity index (χ2v) is 21.6. The fourth-order valence-corrected chi connectivity index (χ4v) is 6.38. The Morgan fingerprint density at radius 2 is 0.903 bits per heavy atom. The van der Waals surface area contributed by atoms with Gasteiger partial charge in [-0.2, -0.15) is 19.9 Å². The summed E-state index contributed by atoms with van der Waals surface area (Å²) in [6.45, 7) is 24.1. The summed E-state index contributed by atoms with van der Waals surface area (Å²) in [5, 5.41) is 0.856. The summed E-state index contributed by atoms with van der Waals surface area (Å²) in [6, 6.07) is 25.5. The van der Waals surface area contributed by atoms with Crippen LogP contribution in [0.2, 0.25) is 10.0 Å². The Hall–Kier alpha value is -6.49. The molecule has 0 unspecified atom stereocenters. The molecule has 0 spiro atoms. The van der Waals surface area contributed by atoms with E-state index in [1.807, 2.05) is 48.5 Å². The van der Waals surface area contributed by atoms with E-state index in [4.69, 9.17) is 57.4 Å². The molecule has 2 heterocycles. The number of halogens is 3. The van der Waals surface area contributed by atoms with E-state index in [1.165, 1.54) is 14.2 Å². The summed E-state index contributed by atoms with van der Waals surface area (Å²) < 4.78 is 33.3. The van der Waals surface area contributed by atoms with Crippen molar-refractivity contribution in [2.24, 2.45) is 10.8 Å². The summed E-state index contributed by atoms with van der Waals surface area (Å²) in [7, 11) is 2.97. The Balaban J connectivity index is 0.000000335. The Labute approximate surface area is 438 Å². The molecule has 0 bridgehead atoms. The SMILES string of the molecule is COc1nc(-c2ccc(OCC(C)(C)C)cc2)nc(-c2cc(CN(C(=O)OC(C)(C)C)C(=O)OC(C)(C)C)ccc2Cl)n1.COc1nc(-c2ccc(OCC(C)(C)C)cc2)nc(-c2cc(N)ccc2Cl)n1.Cl. The largest absolute Gasteiger partial charge is 0.493 e. The number of carbonyl (C=O) groups excluding carboxylic acids is 2. The first-order valence-corrected chi connectivity index (χ1v) is 23.5. The van der Waals surface area contributed by atoms with Gasteiger partial charge >= 0.3 is 24.2 Å². The summed E-state index contributed by atoms with van der Waals surface area (Å²) in [5.74, 6) is 3.02. The monoisotopic (exact) mass is 1050 g/mol. The highest BCUT2D eigenvalue weighted by Gasteiger charge is 2.32. The third-order valence-electron chi connectivity index (χ3n) is 9.24. The summed E-state index contributed by atoms with van der Waals surface area (Å²) in [6.07, 6.45) is -1.67. The molecule has 0 radical (unpaired) electrons. The third kappa shape index (κ3) is 18.0. The molecule has 0 aliphatic heterocycles. The van der Waals surface area contributed by atoms with E-state index in [1.54, 1.807) is 77.9 Å². The quantitative estimate of drug-likeness (QED) is 0.114. The second kappa shape index (κ2) is 24.3. The van der Waals surface area contributed by atoms with Crippen LogP contribution in [-0.4, -0.2) is 85.6 Å². The molecule has 2 aromatic heterocycles. The summed E-state index contributed by atoms with van der Waals surface area (Å²) >= 11 is 12.9. The summed E-state index contributed by atoms with van der Waals surface area (Å²) in [5.41, 5.74) is 8.10. The predicted molar refractivity (Wildman–Crippen MR) is 284 cm³/mol. The van der Waals surface area contributed by atoms with E-state index in [0.717, 1.165) is 27.5 Å². The van der Waals surface area contributed by atoms with Crippen molar-refractivity contribution in [3.05, 3.63) is 101 Å². The van der Waals surface area contributed by atoms with E-state index < -0.39 is 23.4 Å². The lowest BCUT2D eigenvalue weighted by Crippen LogP contribution is -2.43. The van der Waals surface area contributed by atoms with E-state index in [2.05, 4.69) is 71.4 Å². The van der Waals surface area contributed by atoms with Crippen molar-refractivity contribution in [3.8, 4) is 69.1 Å². The van der Waals surface area contributed by atoms with Crippen LogP contribution in [0, 0.1) is 10.8 Å². The lowest BCUT2D eigenvalue weighted by atomic mass is 9.99. The standard InChI is InChI=1S/C32H41ClN4O6.C21H23ClN4O2.ClH/c1-30(2,3)19-41-22-14-12-21(13-15-22)25-34-26(36-27(35-25)40-10)23-17-20(11-16-24(23)33)18-37(28(38)42-31(4,5)6)29(39)43-32(7,8)9;1-21(2,3)12-28-15-8-5-13(6-9-15)18-24-19(26-20(25-18)27-4)16-11-14(23)7-10-17(16)22;/h11-17H,18-19H2,1-10H3;5-11H,12,23H2,1-4H3;1H. The fraction of sp³-hybridized carbons (Fsp3) is 0.396. The van der Waals surface area contributed by atoms with Gasteiger partial charge in [0.25, 0.3) is 0 Å². The molecule has 16 nitrogen and oxygen atoms in total. The minimum Gasteiger partial charge on any atom is -0.493 e. The van der Waals surface area contributed by atoms with Gasteiger partial charge in [0.15, 0.2) is 23.3 Å². The number of ether oxygens (including phenoxy) is 6. The highest BCUT2D eigenvalue weighted by molar-refractivity contribution is 6.33. The van der Waals surface area contributed by atoms with Crippen LogP contribution in [0.25, 0.3) is 45.6 Å². The Kier molecular flexibility index (Phi) is 19.6. The molecule has 0 atom stereocenters. The number of amides is 2. The molecule has 2 amide bonds. The topological polar surface area (TPSA) is 196 Å². The van der Waals surface area contributed by atoms with Crippen molar-refractivity contribution in [2.75, 3.05) is 33.2 Å². The van der Waals surface area contributed by atoms with Crippen LogP contribution in [0.1, 0.15) is 88.6 Å². The van der Waals surface area contributed by atoms with Gasteiger partial charge in [-0.05, 0) is 137 Å². The van der Waals surface area contributed by atoms with Gasteiger partial charge in [-0.25, -0.2) is 24.5 Å². The number of methoxy groups -OCH3 is 2. The van der Waals surface area contributed by atoms with Crippen LogP contribution >= 0.6 is 35.6 Å². The van der Waals surface area contributed by atoms with Gasteiger partial charge < -0.3 is 34.2 Å². The number of carbonyl (C=O) groups is 2. The van der Waals surface area contributed by atoms with E-state index in [9.17, 15) is 9.59 Å². The van der Waals surface area contributed by atoms with Gasteiger partial charge in [0.2, 0.25) is 0 Å². The zero-order valence-electron chi connectivity index (χ0n) is 43.3. The molecule has 0 fully saturated rings. The van der Waals surface area contributed by atoms with E-state index in [-0.39, 0.29) is 47.6 Å². The highest BCUT2D eigenvalue weighted by Crippen LogP contribution is 2.33. The van der Waals surface area contributed by atoms with Crippen LogP contribution in [0.4, 0.5) is 15.3 Å². The van der Waals surface area contributed by atoms with Crippen molar-refractivity contribution in [3.63, 3.8) is 0 Å². The first-order chi connectivity index (χ1) is 33.1. The first-order valence-electron chi connectivity index (χ1n) is 22.7. The van der Waals surface area contributed by atoms with Crippen LogP contribution in [-0.2, 0) is 16.0 Å². The van der Waals surface area contributed by atoms with Crippen LogP contribution in [0.3, 0.4) is 0 Å². The maximum absolute atomic E-state index is 13.0. The van der Waals surface area contributed by atoms with Crippen molar-refractivity contribution < 1.29 is 38.0 Å². The van der Waals surface area contributed by atoms with E-state index in [0.29, 0.717) is 63.1 Å². The number of imide groups is 1. The highest BCUT2D eigenvalue weighted by atomic mass is 35.5. The van der Waals surface area contributed by atoms with Crippen molar-refractivity contribution in [1.29, 1.82) is 0 Å². The van der Waals surface area contributed by atoms with Crippen LogP contribution in [0.15, 0.2) is 84.9 Å². The molecule has 0 aliphatic rings. The summed E-state index contributed by atoms with van der Waals surface area (Å²) in [4.78, 5) is 53.7. The van der Waals surface area contributed by atoms with Crippen LogP contribution < -0.4 is 24.7 Å². The number of nitrogens with two attached hydrogens (primary N) is 1. The molecular formula is C53H65Cl3N8O8. The molecular weight excluding hydrogens is 983 g/mol. The number of hydrogen-bond acceptors (Lipinski definition) is 15. The third-order valence-corrected chi connectivity index (χ3v) is 9.89. The molecule has 386 valence electrons. The Morgan fingerprint density at radius 1 is 0.528 bits per heavy atom. The van der Waals surface area contributed by atoms with Crippen molar-refractivity contribution >= 4 is 53.5 Å². The minimum atomic E-state index is -0.836. The normalized spacial score (nSPS) is 11.6. The predicted octanol–water partition coefficient (Wildman–Crippen LogP) is 13.3. The number of rotatable bonds is 12. The smallest absolute Gasteiger partial charge is 0.420 e. The molecule has 19 heteroatoms. The van der Waals surface area contributed by atoms with Gasteiger partial charge in [-0.3, -0.25) is 0 Å². The molecule has 72 heavy (non-hydrogen) atoms. The molecule has 6 rings (SSSR count). The van der Waals surface area contributed by atoms with Crippen molar-refractivity contribution in [1.82, 2.24) is 34.8 Å². The number of nitrogen functional groups attached to an aromatic ring is 1. The molecule has 0 saturated carbocycles. The molecule has 4 aromatic carbocycles. The van der Waals surface area contributed by atoms with Crippen LogP contribution in [0.5, 0.6) is 23.5 Å². The van der Waals surface area contributed by atoms with Gasteiger partial charge in [0, 0.05) is 27.9 Å². The lowest BCUT2D eigenvalue weighted by molar-refractivity contribution is -0.000268. The Morgan fingerprint density at radius 3 is 1.28 bits per heavy atom.